The summed E-state index contributed by atoms with van der Waals surface area (Å²) >= 11 is 6.19. The van der Waals surface area contributed by atoms with Crippen molar-refractivity contribution in [3.63, 3.8) is 0 Å². The molecule has 1 aliphatic carbocycles. The number of phosphoric ester groups is 1. The molecule has 1 saturated carbocycles. The Morgan fingerprint density at radius 2 is 2.05 bits per heavy atom. The summed E-state index contributed by atoms with van der Waals surface area (Å²) in [7, 11) is -4.59. The number of carbonyl (C=O) groups excluding carboxylic acids is 1. The summed E-state index contributed by atoms with van der Waals surface area (Å²) in [6.45, 7) is -0.429. The van der Waals surface area contributed by atoms with Gasteiger partial charge in [-0.1, -0.05) is 36.2 Å². The average Bonchev–Trinajstić information content (AvgIpc) is 2.40. The van der Waals surface area contributed by atoms with E-state index in [1.807, 2.05) is 0 Å². The summed E-state index contributed by atoms with van der Waals surface area (Å²) in [5.41, 5.74) is -0.433. The molecule has 1 aromatic carbocycles. The predicted octanol–water partition coefficient (Wildman–Crippen LogP) is 2.33. The lowest BCUT2D eigenvalue weighted by Crippen LogP contribution is -2.51. The normalized spacial score (nSPS) is 23.3. The Kier molecular flexibility index (Phi) is 5.20. The summed E-state index contributed by atoms with van der Waals surface area (Å²) in [4.78, 5) is 30.0. The molecule has 0 bridgehead atoms. The van der Waals surface area contributed by atoms with Crippen molar-refractivity contribution in [3.8, 4) is 0 Å². The lowest BCUT2D eigenvalue weighted by atomic mass is 9.75. The minimum absolute atomic E-state index is 0.0452. The van der Waals surface area contributed by atoms with Gasteiger partial charge in [-0.05, 0) is 24.5 Å². The number of rotatable bonds is 5. The van der Waals surface area contributed by atoms with Gasteiger partial charge in [-0.3, -0.25) is 14.6 Å². The van der Waals surface area contributed by atoms with E-state index in [-0.39, 0.29) is 5.78 Å². The molecular weight excluding hydrogens is 317 g/mol. The first kappa shape index (κ1) is 16.6. The van der Waals surface area contributed by atoms with Crippen molar-refractivity contribution >= 4 is 25.2 Å². The van der Waals surface area contributed by atoms with Crippen molar-refractivity contribution < 1.29 is 23.7 Å². The molecule has 1 fully saturated rings. The fraction of sp³-hybridized carbons (Fsp3) is 0.462. The maximum atomic E-state index is 12.5. The van der Waals surface area contributed by atoms with E-state index >= 15 is 0 Å². The van der Waals surface area contributed by atoms with Crippen LogP contribution in [0.15, 0.2) is 24.3 Å². The van der Waals surface area contributed by atoms with E-state index < -0.39 is 20.1 Å². The van der Waals surface area contributed by atoms with Crippen LogP contribution in [-0.2, 0) is 19.4 Å². The molecule has 8 heteroatoms. The number of carbonyl (C=O) groups is 1. The average molecular weight is 334 g/mol. The molecule has 0 amide bonds. The van der Waals surface area contributed by atoms with Gasteiger partial charge in [0.25, 0.3) is 0 Å². The molecule has 0 spiro atoms. The van der Waals surface area contributed by atoms with Crippen LogP contribution in [-0.4, -0.2) is 22.3 Å². The largest absolute Gasteiger partial charge is 0.470 e. The SMILES string of the molecule is O=C1CCCC[C@]1(NCOP(=O)(O)O)c1ccccc1Cl. The van der Waals surface area contributed by atoms with Crippen LogP contribution in [0.4, 0.5) is 0 Å². The van der Waals surface area contributed by atoms with Crippen LogP contribution in [0, 0.1) is 0 Å². The standard InChI is InChI=1S/C13H17ClNO5P/c14-11-6-2-1-5-10(11)13(8-4-3-7-12(13)16)15-9-20-21(17,18)19/h1-2,5-6,15H,3-4,7-9H2,(H2,17,18,19)/t13-/m0/s1. The van der Waals surface area contributed by atoms with Crippen LogP contribution >= 0.6 is 19.4 Å². The van der Waals surface area contributed by atoms with Gasteiger partial charge in [-0.2, -0.15) is 0 Å². The molecule has 116 valence electrons. The van der Waals surface area contributed by atoms with Crippen molar-refractivity contribution in [1.29, 1.82) is 0 Å². The highest BCUT2D eigenvalue weighted by atomic mass is 35.5. The van der Waals surface area contributed by atoms with Crippen molar-refractivity contribution in [2.75, 3.05) is 6.73 Å². The molecule has 21 heavy (non-hydrogen) atoms. The molecule has 3 N–H and O–H groups in total. The number of Topliss-reactive ketones (excluding diaryl/α,β-unsaturated/α-hetero) is 1. The van der Waals surface area contributed by atoms with Gasteiger partial charge in [0.2, 0.25) is 0 Å². The van der Waals surface area contributed by atoms with Gasteiger partial charge in [0.1, 0.15) is 12.3 Å². The Morgan fingerprint density at radius 1 is 1.33 bits per heavy atom. The maximum absolute atomic E-state index is 12.5. The molecular formula is C13H17ClNO5P. The lowest BCUT2D eigenvalue weighted by Gasteiger charge is -2.37. The van der Waals surface area contributed by atoms with Crippen LogP contribution in [0.3, 0.4) is 0 Å². The molecule has 0 unspecified atom stereocenters. The summed E-state index contributed by atoms with van der Waals surface area (Å²) in [6, 6.07) is 6.97. The first-order valence-corrected chi connectivity index (χ1v) is 8.49. The molecule has 0 aliphatic heterocycles. The molecule has 1 aliphatic rings. The molecule has 0 aromatic heterocycles. The van der Waals surface area contributed by atoms with E-state index in [2.05, 4.69) is 9.84 Å². The summed E-state index contributed by atoms with van der Waals surface area (Å²) in [5.74, 6) is -0.0452. The topological polar surface area (TPSA) is 95.9 Å². The second-order valence-electron chi connectivity index (χ2n) is 4.96. The molecule has 6 nitrogen and oxygen atoms in total. The number of ketones is 1. The molecule has 1 atom stereocenters. The van der Waals surface area contributed by atoms with Crippen LogP contribution in [0.5, 0.6) is 0 Å². The van der Waals surface area contributed by atoms with Gasteiger partial charge in [0.15, 0.2) is 5.78 Å². The summed E-state index contributed by atoms with van der Waals surface area (Å²) < 4.78 is 15.2. The van der Waals surface area contributed by atoms with Gasteiger partial charge in [0, 0.05) is 11.4 Å². The Hall–Kier alpha value is -0.750. The zero-order valence-electron chi connectivity index (χ0n) is 11.3. The fourth-order valence-corrected chi connectivity index (χ4v) is 3.17. The van der Waals surface area contributed by atoms with E-state index in [9.17, 15) is 9.36 Å². The smallest absolute Gasteiger partial charge is 0.303 e. The Labute approximate surface area is 127 Å². The minimum atomic E-state index is -4.59. The third kappa shape index (κ3) is 3.92. The second kappa shape index (κ2) is 6.57. The van der Waals surface area contributed by atoms with Gasteiger partial charge < -0.3 is 9.79 Å². The van der Waals surface area contributed by atoms with E-state index in [0.717, 1.165) is 12.8 Å². The van der Waals surface area contributed by atoms with Crippen molar-refractivity contribution in [1.82, 2.24) is 5.32 Å². The zero-order chi connectivity index (χ0) is 15.5. The van der Waals surface area contributed by atoms with Crippen LogP contribution < -0.4 is 5.32 Å². The predicted molar refractivity (Wildman–Crippen MR) is 77.7 cm³/mol. The van der Waals surface area contributed by atoms with E-state index in [1.54, 1.807) is 24.3 Å². The highest BCUT2D eigenvalue weighted by Gasteiger charge is 2.42. The quantitative estimate of drug-likeness (QED) is 0.565. The number of hydrogen-bond donors (Lipinski definition) is 3. The van der Waals surface area contributed by atoms with Crippen LogP contribution in [0.2, 0.25) is 5.02 Å². The molecule has 2 rings (SSSR count). The highest BCUT2D eigenvalue weighted by Crippen LogP contribution is 2.39. The summed E-state index contributed by atoms with van der Waals surface area (Å²) in [5, 5.41) is 3.29. The highest BCUT2D eigenvalue weighted by molar-refractivity contribution is 7.46. The van der Waals surface area contributed by atoms with Crippen molar-refractivity contribution in [2.24, 2.45) is 0 Å². The fourth-order valence-electron chi connectivity index (χ4n) is 2.64. The number of nitrogens with one attached hydrogen (secondary N) is 1. The number of phosphoric acid groups is 1. The maximum Gasteiger partial charge on any atom is 0.470 e. The van der Waals surface area contributed by atoms with E-state index in [1.165, 1.54) is 0 Å². The third-order valence-corrected chi connectivity index (χ3v) is 4.42. The third-order valence-electron chi connectivity index (χ3n) is 3.62. The first-order valence-electron chi connectivity index (χ1n) is 6.58. The van der Waals surface area contributed by atoms with Crippen molar-refractivity contribution in [3.05, 3.63) is 34.9 Å². The first-order chi connectivity index (χ1) is 9.85. The van der Waals surface area contributed by atoms with Gasteiger partial charge in [-0.15, -0.1) is 0 Å². The molecule has 0 heterocycles. The molecule has 0 radical (unpaired) electrons. The summed E-state index contributed by atoms with van der Waals surface area (Å²) in [6.07, 6.45) is 2.53. The van der Waals surface area contributed by atoms with Gasteiger partial charge >= 0.3 is 7.82 Å². The lowest BCUT2D eigenvalue weighted by molar-refractivity contribution is -0.128. The van der Waals surface area contributed by atoms with Crippen LogP contribution in [0.25, 0.3) is 0 Å². The van der Waals surface area contributed by atoms with E-state index in [0.29, 0.717) is 23.4 Å². The Bertz CT molecular complexity index is 575. The van der Waals surface area contributed by atoms with Gasteiger partial charge in [0.05, 0.1) is 0 Å². The number of hydrogen-bond acceptors (Lipinski definition) is 4. The monoisotopic (exact) mass is 333 g/mol. The second-order valence-corrected chi connectivity index (χ2v) is 6.60. The molecule has 1 aromatic rings. The Balaban J connectivity index is 2.29. The number of benzene rings is 1. The molecule has 0 saturated heterocycles. The van der Waals surface area contributed by atoms with E-state index in [4.69, 9.17) is 21.4 Å². The van der Waals surface area contributed by atoms with Crippen molar-refractivity contribution in [2.45, 2.75) is 31.2 Å². The Morgan fingerprint density at radius 3 is 2.67 bits per heavy atom. The van der Waals surface area contributed by atoms with Crippen LogP contribution in [0.1, 0.15) is 31.2 Å². The number of halogens is 1. The van der Waals surface area contributed by atoms with Gasteiger partial charge in [-0.25, -0.2) is 4.57 Å². The zero-order valence-corrected chi connectivity index (χ0v) is 12.9. The minimum Gasteiger partial charge on any atom is -0.303 e.